The number of carbonyl (C=O) groups excluding carboxylic acids is 1. The number of nitrogens with two attached hydrogens (primary N) is 1. The summed E-state index contributed by atoms with van der Waals surface area (Å²) < 4.78 is 5.41. The van der Waals surface area contributed by atoms with Crippen molar-refractivity contribution in [2.45, 2.75) is 13.8 Å². The number of nitrogens with one attached hydrogen (secondary N) is 1. The molecule has 0 fully saturated rings. The molecule has 0 aliphatic heterocycles. The van der Waals surface area contributed by atoms with Crippen molar-refractivity contribution in [1.29, 1.82) is 0 Å². The van der Waals surface area contributed by atoms with Crippen molar-refractivity contribution in [1.82, 2.24) is 5.32 Å². The molecule has 0 aromatic heterocycles. The van der Waals surface area contributed by atoms with Crippen LogP contribution in [0.1, 0.15) is 24.2 Å². The van der Waals surface area contributed by atoms with Gasteiger partial charge < -0.3 is 20.7 Å². The number of carbonyl (C=O) groups is 1. The highest BCUT2D eigenvalue weighted by molar-refractivity contribution is 5.96. The van der Waals surface area contributed by atoms with E-state index in [9.17, 15) is 4.79 Å². The zero-order valence-corrected chi connectivity index (χ0v) is 12.8. The number of nitrogens with zero attached hydrogens (tertiary/aromatic N) is 1. The van der Waals surface area contributed by atoms with Gasteiger partial charge in [0, 0.05) is 32.8 Å². The first-order valence-corrected chi connectivity index (χ1v) is 6.84. The van der Waals surface area contributed by atoms with Gasteiger partial charge in [0.05, 0.1) is 18.0 Å². The highest BCUT2D eigenvalue weighted by Crippen LogP contribution is 2.22. The minimum atomic E-state index is -0.129. The Balaban J connectivity index is 2.46. The van der Waals surface area contributed by atoms with Gasteiger partial charge in [-0.25, -0.2) is 0 Å². The normalized spacial score (nSPS) is 10.7. The van der Waals surface area contributed by atoms with E-state index in [1.165, 1.54) is 0 Å². The van der Waals surface area contributed by atoms with Gasteiger partial charge in [0.2, 0.25) is 0 Å². The molecule has 0 unspecified atom stereocenters. The molecule has 1 rings (SSSR count). The second-order valence-corrected chi connectivity index (χ2v) is 5.39. The average molecular weight is 279 g/mol. The first kappa shape index (κ1) is 16.3. The summed E-state index contributed by atoms with van der Waals surface area (Å²) >= 11 is 0. The molecule has 0 saturated carbocycles. The van der Waals surface area contributed by atoms with Gasteiger partial charge in [0.15, 0.2) is 0 Å². The van der Waals surface area contributed by atoms with Crippen molar-refractivity contribution < 1.29 is 9.53 Å². The van der Waals surface area contributed by atoms with E-state index in [0.29, 0.717) is 36.9 Å². The van der Waals surface area contributed by atoms with Crippen molar-refractivity contribution >= 4 is 17.3 Å². The predicted octanol–water partition coefficient (Wildman–Crippen LogP) is 1.74. The summed E-state index contributed by atoms with van der Waals surface area (Å²) in [6.07, 6.45) is 0. The largest absolute Gasteiger partial charge is 0.397 e. The van der Waals surface area contributed by atoms with Crippen LogP contribution < -0.4 is 16.0 Å². The fraction of sp³-hybridized carbons (Fsp3) is 0.533. The molecule has 1 aromatic carbocycles. The Morgan fingerprint density at radius 1 is 1.40 bits per heavy atom. The third kappa shape index (κ3) is 5.09. The number of hydrogen-bond donors (Lipinski definition) is 2. The number of nitrogen functional groups attached to an aromatic ring is 1. The zero-order valence-electron chi connectivity index (χ0n) is 12.8. The molecule has 5 nitrogen and oxygen atoms in total. The second-order valence-electron chi connectivity index (χ2n) is 5.39. The standard InChI is InChI=1S/C15H25N3O2/c1-11(2)10-20-8-7-17-15(19)12-5-6-14(18(3)4)13(16)9-12/h5-6,9,11H,7-8,10,16H2,1-4H3,(H,17,19). The van der Waals surface area contributed by atoms with Crippen LogP contribution in [0.15, 0.2) is 18.2 Å². The number of amides is 1. The lowest BCUT2D eigenvalue weighted by Gasteiger charge is -2.16. The van der Waals surface area contributed by atoms with E-state index in [4.69, 9.17) is 10.5 Å². The van der Waals surface area contributed by atoms with Crippen LogP contribution in [0.3, 0.4) is 0 Å². The summed E-state index contributed by atoms with van der Waals surface area (Å²) in [6, 6.07) is 5.31. The summed E-state index contributed by atoms with van der Waals surface area (Å²) in [4.78, 5) is 13.9. The first-order valence-electron chi connectivity index (χ1n) is 6.84. The Morgan fingerprint density at radius 3 is 2.65 bits per heavy atom. The van der Waals surface area contributed by atoms with Crippen LogP contribution in [0.5, 0.6) is 0 Å². The van der Waals surface area contributed by atoms with E-state index in [1.807, 2.05) is 25.1 Å². The molecule has 20 heavy (non-hydrogen) atoms. The maximum absolute atomic E-state index is 11.9. The minimum absolute atomic E-state index is 0.129. The Morgan fingerprint density at radius 2 is 2.10 bits per heavy atom. The molecular formula is C15H25N3O2. The van der Waals surface area contributed by atoms with E-state index >= 15 is 0 Å². The number of rotatable bonds is 7. The van der Waals surface area contributed by atoms with Crippen molar-refractivity contribution in [2.24, 2.45) is 5.92 Å². The fourth-order valence-corrected chi connectivity index (χ4v) is 1.76. The zero-order chi connectivity index (χ0) is 15.1. The number of hydrogen-bond acceptors (Lipinski definition) is 4. The van der Waals surface area contributed by atoms with Crippen LogP contribution in [0.2, 0.25) is 0 Å². The summed E-state index contributed by atoms with van der Waals surface area (Å²) in [5.41, 5.74) is 7.99. The molecule has 5 heteroatoms. The minimum Gasteiger partial charge on any atom is -0.397 e. The molecule has 0 heterocycles. The van der Waals surface area contributed by atoms with Gasteiger partial charge in [0.1, 0.15) is 0 Å². The molecule has 112 valence electrons. The predicted molar refractivity (Wildman–Crippen MR) is 83.2 cm³/mol. The molecule has 0 aliphatic rings. The Kier molecular flexibility index (Phi) is 6.31. The van der Waals surface area contributed by atoms with Crippen molar-refractivity contribution in [3.8, 4) is 0 Å². The molecule has 1 aromatic rings. The molecule has 0 radical (unpaired) electrons. The van der Waals surface area contributed by atoms with Gasteiger partial charge >= 0.3 is 0 Å². The van der Waals surface area contributed by atoms with Crippen molar-refractivity contribution in [3.63, 3.8) is 0 Å². The van der Waals surface area contributed by atoms with Crippen molar-refractivity contribution in [2.75, 3.05) is 44.5 Å². The van der Waals surface area contributed by atoms with Gasteiger partial charge in [-0.05, 0) is 24.1 Å². The summed E-state index contributed by atoms with van der Waals surface area (Å²) in [6.45, 7) is 5.91. The molecule has 0 bridgehead atoms. The maximum atomic E-state index is 11.9. The molecule has 0 atom stereocenters. The summed E-state index contributed by atoms with van der Waals surface area (Å²) in [5.74, 6) is 0.374. The molecule has 3 N–H and O–H groups in total. The van der Waals surface area contributed by atoms with Crippen LogP contribution in [0, 0.1) is 5.92 Å². The fourth-order valence-electron chi connectivity index (χ4n) is 1.76. The van der Waals surface area contributed by atoms with Crippen LogP contribution in [0.25, 0.3) is 0 Å². The Hall–Kier alpha value is -1.75. The average Bonchev–Trinajstić information content (AvgIpc) is 2.37. The van der Waals surface area contributed by atoms with E-state index in [-0.39, 0.29) is 5.91 Å². The van der Waals surface area contributed by atoms with Crippen LogP contribution in [-0.2, 0) is 4.74 Å². The topological polar surface area (TPSA) is 67.6 Å². The molecule has 0 spiro atoms. The van der Waals surface area contributed by atoms with Crippen LogP contribution in [-0.4, -0.2) is 39.8 Å². The van der Waals surface area contributed by atoms with Gasteiger partial charge in [0.25, 0.3) is 5.91 Å². The third-order valence-corrected chi connectivity index (χ3v) is 2.75. The smallest absolute Gasteiger partial charge is 0.251 e. The second kappa shape index (κ2) is 7.75. The van der Waals surface area contributed by atoms with Crippen molar-refractivity contribution in [3.05, 3.63) is 23.8 Å². The van der Waals surface area contributed by atoms with Gasteiger partial charge in [-0.3, -0.25) is 4.79 Å². The SMILES string of the molecule is CC(C)COCCNC(=O)c1ccc(N(C)C)c(N)c1. The van der Waals surface area contributed by atoms with Gasteiger partial charge in [-0.1, -0.05) is 13.8 Å². The highest BCUT2D eigenvalue weighted by atomic mass is 16.5. The lowest BCUT2D eigenvalue weighted by molar-refractivity contribution is 0.0886. The van der Waals surface area contributed by atoms with Crippen LogP contribution >= 0.6 is 0 Å². The van der Waals surface area contributed by atoms with Gasteiger partial charge in [-0.15, -0.1) is 0 Å². The Labute approximate surface area is 121 Å². The Bertz CT molecular complexity index is 445. The summed E-state index contributed by atoms with van der Waals surface area (Å²) in [7, 11) is 3.83. The lowest BCUT2D eigenvalue weighted by Crippen LogP contribution is -2.27. The quantitative estimate of drug-likeness (QED) is 0.589. The number of ether oxygens (including phenoxy) is 1. The van der Waals surface area contributed by atoms with Gasteiger partial charge in [-0.2, -0.15) is 0 Å². The van der Waals surface area contributed by atoms with E-state index in [2.05, 4.69) is 19.2 Å². The monoisotopic (exact) mass is 279 g/mol. The van der Waals surface area contributed by atoms with E-state index < -0.39 is 0 Å². The molecule has 0 saturated heterocycles. The first-order chi connectivity index (χ1) is 9.41. The lowest BCUT2D eigenvalue weighted by atomic mass is 10.1. The summed E-state index contributed by atoms with van der Waals surface area (Å²) in [5, 5.41) is 2.82. The molecular weight excluding hydrogens is 254 g/mol. The molecule has 0 aliphatic carbocycles. The highest BCUT2D eigenvalue weighted by Gasteiger charge is 2.08. The molecule has 1 amide bonds. The van der Waals surface area contributed by atoms with E-state index in [1.54, 1.807) is 12.1 Å². The van der Waals surface area contributed by atoms with Crippen LogP contribution in [0.4, 0.5) is 11.4 Å². The number of anilines is 2. The number of benzene rings is 1. The van der Waals surface area contributed by atoms with E-state index in [0.717, 1.165) is 5.69 Å². The maximum Gasteiger partial charge on any atom is 0.251 e. The third-order valence-electron chi connectivity index (χ3n) is 2.75.